The SMILES string of the molecule is Cc1ccc([C@@H]2Nc3ccccc3C3OCCC32)cc1. The van der Waals surface area contributed by atoms with E-state index in [1.165, 1.54) is 22.4 Å². The van der Waals surface area contributed by atoms with Gasteiger partial charge in [0.15, 0.2) is 0 Å². The van der Waals surface area contributed by atoms with Crippen LogP contribution in [0.3, 0.4) is 0 Å². The van der Waals surface area contributed by atoms with Crippen LogP contribution in [-0.2, 0) is 4.74 Å². The Bertz CT molecular complexity index is 620. The highest BCUT2D eigenvalue weighted by molar-refractivity contribution is 5.57. The number of fused-ring (bicyclic) bond motifs is 3. The minimum absolute atomic E-state index is 0.249. The molecule has 0 aromatic heterocycles. The Kier molecular flexibility index (Phi) is 2.78. The first kappa shape index (κ1) is 12.0. The van der Waals surface area contributed by atoms with Gasteiger partial charge in [-0.2, -0.15) is 0 Å². The summed E-state index contributed by atoms with van der Waals surface area (Å²) >= 11 is 0. The number of anilines is 1. The lowest BCUT2D eigenvalue weighted by molar-refractivity contribution is 0.0829. The average Bonchev–Trinajstić information content (AvgIpc) is 2.97. The Balaban J connectivity index is 1.76. The molecule has 0 saturated carbocycles. The molecule has 20 heavy (non-hydrogen) atoms. The zero-order valence-corrected chi connectivity index (χ0v) is 11.7. The van der Waals surface area contributed by atoms with Gasteiger partial charge in [0, 0.05) is 23.8 Å². The van der Waals surface area contributed by atoms with Gasteiger partial charge in [0.1, 0.15) is 0 Å². The van der Waals surface area contributed by atoms with E-state index in [1.807, 2.05) is 0 Å². The van der Waals surface area contributed by atoms with Crippen LogP contribution in [0.4, 0.5) is 5.69 Å². The minimum atomic E-state index is 0.249. The van der Waals surface area contributed by atoms with E-state index in [4.69, 9.17) is 4.74 Å². The Morgan fingerprint density at radius 3 is 2.70 bits per heavy atom. The van der Waals surface area contributed by atoms with Crippen molar-refractivity contribution in [1.82, 2.24) is 0 Å². The van der Waals surface area contributed by atoms with Gasteiger partial charge < -0.3 is 10.1 Å². The maximum atomic E-state index is 6.02. The van der Waals surface area contributed by atoms with Crippen molar-refractivity contribution in [2.75, 3.05) is 11.9 Å². The van der Waals surface area contributed by atoms with E-state index in [-0.39, 0.29) is 6.10 Å². The molecule has 0 aliphatic carbocycles. The second kappa shape index (κ2) is 4.64. The third-order valence-corrected chi connectivity index (χ3v) is 4.58. The molecule has 3 atom stereocenters. The molecule has 1 fully saturated rings. The third kappa shape index (κ3) is 1.83. The molecule has 2 heterocycles. The number of para-hydroxylation sites is 1. The quantitative estimate of drug-likeness (QED) is 0.832. The number of hydrogen-bond donors (Lipinski definition) is 1. The first-order chi connectivity index (χ1) is 9.83. The summed E-state index contributed by atoms with van der Waals surface area (Å²) in [6.45, 7) is 3.00. The molecule has 0 amide bonds. The maximum Gasteiger partial charge on any atom is 0.0896 e. The number of ether oxygens (including phenoxy) is 1. The van der Waals surface area contributed by atoms with Crippen molar-refractivity contribution in [3.05, 3.63) is 65.2 Å². The highest BCUT2D eigenvalue weighted by atomic mass is 16.5. The van der Waals surface area contributed by atoms with Gasteiger partial charge in [-0.25, -0.2) is 0 Å². The summed E-state index contributed by atoms with van der Waals surface area (Å²) in [6, 6.07) is 17.8. The molecule has 0 radical (unpaired) electrons. The van der Waals surface area contributed by atoms with E-state index >= 15 is 0 Å². The fourth-order valence-corrected chi connectivity index (χ4v) is 3.52. The Labute approximate surface area is 119 Å². The predicted octanol–water partition coefficient (Wildman–Crippen LogP) is 4.24. The van der Waals surface area contributed by atoms with Gasteiger partial charge >= 0.3 is 0 Å². The molecule has 0 spiro atoms. The van der Waals surface area contributed by atoms with Crippen molar-refractivity contribution in [1.29, 1.82) is 0 Å². The van der Waals surface area contributed by atoms with Gasteiger partial charge in [-0.15, -0.1) is 0 Å². The number of hydrogen-bond acceptors (Lipinski definition) is 2. The van der Waals surface area contributed by atoms with Crippen molar-refractivity contribution in [2.24, 2.45) is 5.92 Å². The molecule has 2 nitrogen and oxygen atoms in total. The summed E-state index contributed by atoms with van der Waals surface area (Å²) in [6.07, 6.45) is 1.38. The lowest BCUT2D eigenvalue weighted by Gasteiger charge is -2.36. The topological polar surface area (TPSA) is 21.3 Å². The molecule has 2 aromatic rings. The van der Waals surface area contributed by atoms with Crippen LogP contribution in [0.1, 0.15) is 35.3 Å². The van der Waals surface area contributed by atoms with Gasteiger partial charge in [-0.05, 0) is 25.0 Å². The molecule has 2 aliphatic rings. The second-order valence-corrected chi connectivity index (χ2v) is 5.86. The first-order valence-corrected chi connectivity index (χ1v) is 7.36. The number of benzene rings is 2. The van der Waals surface area contributed by atoms with Crippen LogP contribution in [0.5, 0.6) is 0 Å². The number of rotatable bonds is 1. The van der Waals surface area contributed by atoms with E-state index in [0.29, 0.717) is 12.0 Å². The highest BCUT2D eigenvalue weighted by Gasteiger charge is 2.41. The van der Waals surface area contributed by atoms with E-state index in [0.717, 1.165) is 13.0 Å². The average molecular weight is 265 g/mol. The van der Waals surface area contributed by atoms with Crippen LogP contribution in [-0.4, -0.2) is 6.61 Å². The summed E-state index contributed by atoms with van der Waals surface area (Å²) in [5.41, 5.74) is 5.22. The minimum Gasteiger partial charge on any atom is -0.378 e. The standard InChI is InChI=1S/C18H19NO/c1-12-6-8-13(9-7-12)17-15-10-11-20-18(15)14-4-2-3-5-16(14)19-17/h2-9,15,17-19H,10-11H2,1H3/t15?,17-,18?/m0/s1. The van der Waals surface area contributed by atoms with Crippen LogP contribution in [0.2, 0.25) is 0 Å². The van der Waals surface area contributed by atoms with E-state index in [1.54, 1.807) is 0 Å². The Hall–Kier alpha value is -1.80. The Morgan fingerprint density at radius 2 is 1.85 bits per heavy atom. The monoisotopic (exact) mass is 265 g/mol. The Morgan fingerprint density at radius 1 is 1.05 bits per heavy atom. The normalized spacial score (nSPS) is 27.6. The van der Waals surface area contributed by atoms with Crippen molar-refractivity contribution in [3.8, 4) is 0 Å². The van der Waals surface area contributed by atoms with E-state index in [2.05, 4.69) is 60.8 Å². The number of nitrogens with one attached hydrogen (secondary N) is 1. The van der Waals surface area contributed by atoms with Gasteiger partial charge in [0.25, 0.3) is 0 Å². The van der Waals surface area contributed by atoms with Crippen molar-refractivity contribution < 1.29 is 4.74 Å². The summed E-state index contributed by atoms with van der Waals surface area (Å²) in [5.74, 6) is 0.535. The lowest BCUT2D eigenvalue weighted by Crippen LogP contribution is -2.29. The zero-order chi connectivity index (χ0) is 13.5. The molecule has 2 heteroatoms. The van der Waals surface area contributed by atoms with Crippen LogP contribution >= 0.6 is 0 Å². The molecule has 102 valence electrons. The highest BCUT2D eigenvalue weighted by Crippen LogP contribution is 2.49. The molecule has 0 bridgehead atoms. The molecule has 4 rings (SSSR count). The van der Waals surface area contributed by atoms with Gasteiger partial charge in [0.05, 0.1) is 12.1 Å². The molecule has 2 unspecified atom stereocenters. The molecular formula is C18H19NO. The van der Waals surface area contributed by atoms with Gasteiger partial charge in [-0.3, -0.25) is 0 Å². The van der Waals surface area contributed by atoms with E-state index < -0.39 is 0 Å². The van der Waals surface area contributed by atoms with Gasteiger partial charge in [0.2, 0.25) is 0 Å². The largest absolute Gasteiger partial charge is 0.378 e. The molecule has 2 aromatic carbocycles. The van der Waals surface area contributed by atoms with E-state index in [9.17, 15) is 0 Å². The lowest BCUT2D eigenvalue weighted by atomic mass is 9.81. The number of aryl methyl sites for hydroxylation is 1. The van der Waals surface area contributed by atoms with Crippen molar-refractivity contribution in [3.63, 3.8) is 0 Å². The third-order valence-electron chi connectivity index (χ3n) is 4.58. The maximum absolute atomic E-state index is 6.02. The summed E-state index contributed by atoms with van der Waals surface area (Å²) in [7, 11) is 0. The molecular weight excluding hydrogens is 246 g/mol. The van der Waals surface area contributed by atoms with Crippen molar-refractivity contribution in [2.45, 2.75) is 25.5 Å². The molecule has 1 N–H and O–H groups in total. The summed E-state index contributed by atoms with van der Waals surface area (Å²) < 4.78 is 6.02. The van der Waals surface area contributed by atoms with Crippen LogP contribution in [0.25, 0.3) is 0 Å². The van der Waals surface area contributed by atoms with Gasteiger partial charge in [-0.1, -0.05) is 48.0 Å². The smallest absolute Gasteiger partial charge is 0.0896 e. The first-order valence-electron chi connectivity index (χ1n) is 7.36. The van der Waals surface area contributed by atoms with Crippen LogP contribution in [0.15, 0.2) is 48.5 Å². The van der Waals surface area contributed by atoms with Crippen LogP contribution in [0, 0.1) is 12.8 Å². The molecule has 2 aliphatic heterocycles. The van der Waals surface area contributed by atoms with Crippen LogP contribution < -0.4 is 5.32 Å². The fourth-order valence-electron chi connectivity index (χ4n) is 3.52. The summed E-state index contributed by atoms with van der Waals surface area (Å²) in [4.78, 5) is 0. The zero-order valence-electron chi connectivity index (χ0n) is 11.7. The second-order valence-electron chi connectivity index (χ2n) is 5.86. The fraction of sp³-hybridized carbons (Fsp3) is 0.333. The van der Waals surface area contributed by atoms with Crippen molar-refractivity contribution >= 4 is 5.69 Å². The predicted molar refractivity (Wildman–Crippen MR) is 80.8 cm³/mol. The molecule has 1 saturated heterocycles. The summed E-state index contributed by atoms with van der Waals surface area (Å²) in [5, 5.41) is 3.72.